The quantitative estimate of drug-likeness (QED) is 0.405. The van der Waals surface area contributed by atoms with Gasteiger partial charge in [0.05, 0.1) is 6.61 Å². The van der Waals surface area contributed by atoms with Crippen LogP contribution in [0.15, 0.2) is 48.5 Å². The zero-order valence-corrected chi connectivity index (χ0v) is 14.6. The number of halogens is 2. The first kappa shape index (κ1) is 28.0. The van der Waals surface area contributed by atoms with Crippen LogP contribution in [0.4, 0.5) is 8.78 Å². The van der Waals surface area contributed by atoms with Gasteiger partial charge in [0, 0.05) is 6.04 Å². The largest absolute Gasteiger partial charge is 1.00 e. The first-order valence-electron chi connectivity index (χ1n) is 7.65. The Morgan fingerprint density at radius 3 is 1.63 bits per heavy atom. The molecule has 2 rings (SSSR count). The van der Waals surface area contributed by atoms with Crippen LogP contribution < -0.4 is 30.3 Å². The van der Waals surface area contributed by atoms with Gasteiger partial charge in [0.15, 0.2) is 17.4 Å². The van der Waals surface area contributed by atoms with Crippen molar-refractivity contribution >= 4 is 23.3 Å². The number of rotatable bonds is 6. The second-order valence-corrected chi connectivity index (χ2v) is 5.55. The van der Waals surface area contributed by atoms with E-state index >= 15 is 0 Å². The monoisotopic (exact) mass is 390 g/mol. The average Bonchev–Trinajstić information content (AvgIpc) is 2.59. The predicted octanol–water partition coefficient (Wildman–Crippen LogP) is -2.60. The van der Waals surface area contributed by atoms with Gasteiger partial charge in [-0.25, -0.2) is 8.78 Å². The molecule has 0 radical (unpaired) electrons. The minimum atomic E-state index is -1.05. The van der Waals surface area contributed by atoms with E-state index in [1.165, 1.54) is 36.4 Å². The summed E-state index contributed by atoms with van der Waals surface area (Å²) >= 11 is 0. The van der Waals surface area contributed by atoms with E-state index in [-0.39, 0.29) is 68.4 Å². The standard InChI is InChI=1S/C9H10FNO2.C9H12FNO.Al.Li.4H/c10-7-3-1-6(2-4-7)5-8(11)9(12)13;10-8-3-1-7(2-4-8)5-9(11)6-12;;;;;;/h1-4,8H,5,11H2,(H,12,13);1-4,9,12H,5-6,11H2;;;;;;/q;;;+1;;;;-1/t8-;9-;;;;;;/m00....../s1. The summed E-state index contributed by atoms with van der Waals surface area (Å²) in [5.74, 6) is -1.65. The predicted molar refractivity (Wildman–Crippen MR) is 102 cm³/mol. The number of hydrogen-bond acceptors (Lipinski definition) is 4. The Kier molecular flexibility index (Phi) is 15.3. The second-order valence-electron chi connectivity index (χ2n) is 5.55. The van der Waals surface area contributed by atoms with Crippen molar-refractivity contribution < 1.29 is 44.1 Å². The molecular formula is C18H26AlF2LiN2O3. The maximum atomic E-state index is 12.4. The van der Waals surface area contributed by atoms with Crippen LogP contribution in [-0.2, 0) is 17.6 Å². The van der Waals surface area contributed by atoms with E-state index in [2.05, 4.69) is 0 Å². The molecule has 0 aliphatic rings. The van der Waals surface area contributed by atoms with Gasteiger partial charge in [-0.1, -0.05) is 24.3 Å². The number of aliphatic hydroxyl groups excluding tert-OH is 1. The van der Waals surface area contributed by atoms with Gasteiger partial charge in [0.25, 0.3) is 0 Å². The summed E-state index contributed by atoms with van der Waals surface area (Å²) in [5.41, 5.74) is 12.5. The molecule has 144 valence electrons. The van der Waals surface area contributed by atoms with Crippen molar-refractivity contribution in [1.29, 1.82) is 0 Å². The summed E-state index contributed by atoms with van der Waals surface area (Å²) in [6.07, 6.45) is 0.798. The minimum Gasteiger partial charge on any atom is -1.00 e. The molecule has 0 aromatic heterocycles. The van der Waals surface area contributed by atoms with Crippen molar-refractivity contribution in [3.63, 3.8) is 0 Å². The van der Waals surface area contributed by atoms with Crippen molar-refractivity contribution in [2.75, 3.05) is 6.61 Å². The molecule has 0 bridgehead atoms. The molecule has 0 aliphatic carbocycles. The van der Waals surface area contributed by atoms with Crippen LogP contribution in [0, 0.1) is 11.6 Å². The Bertz CT molecular complexity index is 667. The maximum absolute atomic E-state index is 12.4. The first-order chi connectivity index (χ1) is 11.8. The molecule has 27 heavy (non-hydrogen) atoms. The fourth-order valence-corrected chi connectivity index (χ4v) is 1.95. The van der Waals surface area contributed by atoms with Crippen LogP contribution in [0.3, 0.4) is 0 Å². The third-order valence-corrected chi connectivity index (χ3v) is 3.33. The summed E-state index contributed by atoms with van der Waals surface area (Å²) in [4.78, 5) is 10.4. The van der Waals surface area contributed by atoms with Gasteiger partial charge in [-0.3, -0.25) is 4.79 Å². The Hall–Kier alpha value is -1.22. The first-order valence-corrected chi connectivity index (χ1v) is 7.65. The summed E-state index contributed by atoms with van der Waals surface area (Å²) in [6, 6.07) is 10.6. The molecule has 2 atom stereocenters. The van der Waals surface area contributed by atoms with Crippen molar-refractivity contribution in [1.82, 2.24) is 0 Å². The van der Waals surface area contributed by atoms with Crippen molar-refractivity contribution in [3.8, 4) is 0 Å². The van der Waals surface area contributed by atoms with E-state index in [1.807, 2.05) is 0 Å². The number of carboxylic acid groups (broad SMARTS) is 1. The summed E-state index contributed by atoms with van der Waals surface area (Å²) < 4.78 is 24.9. The smallest absolute Gasteiger partial charge is 1.00 e. The Morgan fingerprint density at radius 1 is 0.926 bits per heavy atom. The molecular weight excluding hydrogens is 364 g/mol. The topological polar surface area (TPSA) is 110 Å². The molecule has 0 spiro atoms. The Morgan fingerprint density at radius 2 is 1.30 bits per heavy atom. The SMILES string of the molecule is N[C@@H](Cc1ccc(F)cc1)C(=O)O.N[C@H](CO)Cc1ccc(F)cc1.[AlH3].[H-].[Li+]. The zero-order chi connectivity index (χ0) is 18.8. The van der Waals surface area contributed by atoms with Crippen LogP contribution in [0.25, 0.3) is 0 Å². The molecule has 0 amide bonds. The van der Waals surface area contributed by atoms with Gasteiger partial charge < -0.3 is 23.1 Å². The van der Waals surface area contributed by atoms with Gasteiger partial charge in [-0.05, 0) is 48.2 Å². The van der Waals surface area contributed by atoms with E-state index in [0.29, 0.717) is 6.42 Å². The van der Waals surface area contributed by atoms with E-state index in [9.17, 15) is 13.6 Å². The number of carbonyl (C=O) groups is 1. The molecule has 0 fully saturated rings. The van der Waals surface area contributed by atoms with Gasteiger partial charge >= 0.3 is 24.8 Å². The normalized spacial score (nSPS) is 11.7. The van der Waals surface area contributed by atoms with Crippen LogP contribution in [0.1, 0.15) is 12.6 Å². The molecule has 0 saturated carbocycles. The third-order valence-electron chi connectivity index (χ3n) is 3.33. The molecule has 0 heterocycles. The van der Waals surface area contributed by atoms with Crippen LogP contribution >= 0.6 is 0 Å². The summed E-state index contributed by atoms with van der Waals surface area (Å²) in [7, 11) is 0. The molecule has 9 heteroatoms. The number of nitrogens with two attached hydrogens (primary N) is 2. The van der Waals surface area contributed by atoms with Crippen molar-refractivity contribution in [2.24, 2.45) is 11.5 Å². The second kappa shape index (κ2) is 14.8. The average molecular weight is 390 g/mol. The van der Waals surface area contributed by atoms with Crippen LogP contribution in [0.2, 0.25) is 0 Å². The van der Waals surface area contributed by atoms with E-state index in [4.69, 9.17) is 21.7 Å². The van der Waals surface area contributed by atoms with Crippen LogP contribution in [-0.4, -0.2) is 52.2 Å². The molecule has 5 nitrogen and oxygen atoms in total. The molecule has 6 N–H and O–H groups in total. The van der Waals surface area contributed by atoms with Gasteiger partial charge in [0.2, 0.25) is 0 Å². The van der Waals surface area contributed by atoms with Crippen LogP contribution in [0.5, 0.6) is 0 Å². The number of aliphatic carboxylic acids is 1. The molecule has 0 saturated heterocycles. The minimum absolute atomic E-state index is 0. The number of hydrogen-bond donors (Lipinski definition) is 4. The van der Waals surface area contributed by atoms with Crippen molar-refractivity contribution in [2.45, 2.75) is 24.9 Å². The number of carboxylic acids is 1. The van der Waals surface area contributed by atoms with E-state index < -0.39 is 12.0 Å². The molecule has 2 aromatic rings. The Labute approximate surface area is 181 Å². The maximum Gasteiger partial charge on any atom is 1.00 e. The third kappa shape index (κ3) is 12.0. The van der Waals surface area contributed by atoms with Crippen molar-refractivity contribution in [3.05, 3.63) is 71.3 Å². The fourth-order valence-electron chi connectivity index (χ4n) is 1.95. The van der Waals surface area contributed by atoms with Gasteiger partial charge in [-0.15, -0.1) is 0 Å². The molecule has 0 unspecified atom stereocenters. The van der Waals surface area contributed by atoms with E-state index in [0.717, 1.165) is 11.1 Å². The van der Waals surface area contributed by atoms with Gasteiger partial charge in [0.1, 0.15) is 17.7 Å². The summed E-state index contributed by atoms with van der Waals surface area (Å²) in [6.45, 7) is -0.0443. The zero-order valence-electron chi connectivity index (χ0n) is 15.6. The molecule has 2 aromatic carbocycles. The number of aliphatic hydroxyl groups is 1. The fraction of sp³-hybridized carbons (Fsp3) is 0.278. The van der Waals surface area contributed by atoms with Gasteiger partial charge in [-0.2, -0.15) is 0 Å². The summed E-state index contributed by atoms with van der Waals surface area (Å²) in [5, 5.41) is 17.2. The molecule has 0 aliphatic heterocycles. The van der Waals surface area contributed by atoms with E-state index in [1.54, 1.807) is 12.1 Å². The number of benzene rings is 2. The Balaban J connectivity index is -0.000000404.